The molecule has 29 heavy (non-hydrogen) atoms. The number of hydrogen-bond donors (Lipinski definition) is 1. The number of anilines is 2. The summed E-state index contributed by atoms with van der Waals surface area (Å²) in [4.78, 5) is 30.7. The molecule has 3 aromatic rings. The van der Waals surface area contributed by atoms with Gasteiger partial charge in [-0.05, 0) is 47.8 Å². The Kier molecular flexibility index (Phi) is 4.95. The number of halogens is 1. The number of sulfonamides is 1. The topological polar surface area (TPSA) is 96.4 Å². The van der Waals surface area contributed by atoms with Crippen LogP contribution in [0.4, 0.5) is 11.5 Å². The van der Waals surface area contributed by atoms with Crippen molar-refractivity contribution in [2.24, 2.45) is 0 Å². The van der Waals surface area contributed by atoms with Gasteiger partial charge >= 0.3 is 0 Å². The number of imide groups is 1. The number of nitrogens with one attached hydrogen (secondary N) is 1. The van der Waals surface area contributed by atoms with E-state index in [0.717, 1.165) is 4.90 Å². The highest BCUT2D eigenvalue weighted by Crippen LogP contribution is 2.36. The lowest BCUT2D eigenvalue weighted by atomic mass is 10.2. The van der Waals surface area contributed by atoms with Crippen molar-refractivity contribution in [2.75, 3.05) is 9.62 Å². The fraction of sp³-hybridized carbons (Fsp3) is 0. The molecule has 0 atom stereocenters. The summed E-state index contributed by atoms with van der Waals surface area (Å²) in [5.74, 6) is -1.02. The van der Waals surface area contributed by atoms with Gasteiger partial charge in [0.1, 0.15) is 10.9 Å². The zero-order valence-electron chi connectivity index (χ0n) is 14.6. The van der Waals surface area contributed by atoms with Crippen LogP contribution < -0.4 is 9.62 Å². The molecule has 0 bridgehead atoms. The summed E-state index contributed by atoms with van der Waals surface area (Å²) < 4.78 is 27.4. The molecule has 0 aliphatic carbocycles. The number of hydrogen-bond acceptors (Lipinski definition) is 6. The maximum absolute atomic E-state index is 12.8. The largest absolute Gasteiger partial charge is 0.277 e. The average molecular weight is 446 g/mol. The predicted octanol–water partition coefficient (Wildman–Crippen LogP) is 3.47. The van der Waals surface area contributed by atoms with E-state index in [2.05, 4.69) is 9.71 Å². The van der Waals surface area contributed by atoms with Gasteiger partial charge in [-0.2, -0.15) is 0 Å². The van der Waals surface area contributed by atoms with Crippen LogP contribution in [-0.2, 0) is 19.6 Å². The van der Waals surface area contributed by atoms with Gasteiger partial charge in [0.25, 0.3) is 21.8 Å². The van der Waals surface area contributed by atoms with Gasteiger partial charge in [0, 0.05) is 11.1 Å². The number of pyridine rings is 1. The predicted molar refractivity (Wildman–Crippen MR) is 111 cm³/mol. The van der Waals surface area contributed by atoms with Crippen molar-refractivity contribution in [1.82, 2.24) is 4.98 Å². The molecule has 0 fully saturated rings. The van der Waals surface area contributed by atoms with E-state index in [1.54, 1.807) is 29.6 Å². The van der Waals surface area contributed by atoms with Gasteiger partial charge in [-0.15, -0.1) is 11.3 Å². The first-order valence-corrected chi connectivity index (χ1v) is 11.0. The first-order valence-electron chi connectivity index (χ1n) is 8.25. The first kappa shape index (κ1) is 19.3. The summed E-state index contributed by atoms with van der Waals surface area (Å²) in [6.45, 7) is 0. The molecule has 10 heteroatoms. The van der Waals surface area contributed by atoms with E-state index in [-0.39, 0.29) is 27.0 Å². The summed E-state index contributed by atoms with van der Waals surface area (Å²) in [5, 5.41) is 1.62. The van der Waals surface area contributed by atoms with Gasteiger partial charge in [0.2, 0.25) is 0 Å². The molecule has 3 heterocycles. The molecule has 2 amide bonds. The van der Waals surface area contributed by atoms with Crippen molar-refractivity contribution in [3.05, 3.63) is 76.1 Å². The average Bonchev–Trinajstić information content (AvgIpc) is 3.30. The Morgan fingerprint density at radius 2 is 1.72 bits per heavy atom. The monoisotopic (exact) mass is 445 g/mol. The van der Waals surface area contributed by atoms with Gasteiger partial charge in [-0.1, -0.05) is 23.7 Å². The number of aromatic nitrogens is 1. The van der Waals surface area contributed by atoms with Gasteiger partial charge in [0.05, 0.1) is 16.2 Å². The molecule has 0 saturated heterocycles. The molecular weight excluding hydrogens is 434 g/mol. The molecule has 4 rings (SSSR count). The third-order valence-electron chi connectivity index (χ3n) is 4.10. The Balaban J connectivity index is 1.60. The molecule has 7 nitrogen and oxygen atoms in total. The van der Waals surface area contributed by atoms with Crippen LogP contribution in [0.15, 0.2) is 76.1 Å². The minimum atomic E-state index is -3.87. The van der Waals surface area contributed by atoms with Crippen LogP contribution >= 0.6 is 22.9 Å². The number of carbonyl (C=O) groups excluding carboxylic acids is 2. The fourth-order valence-electron chi connectivity index (χ4n) is 2.77. The van der Waals surface area contributed by atoms with Crippen molar-refractivity contribution in [2.45, 2.75) is 4.90 Å². The molecule has 1 aromatic carbocycles. The summed E-state index contributed by atoms with van der Waals surface area (Å²) >= 11 is 7.41. The van der Waals surface area contributed by atoms with Crippen LogP contribution in [0.1, 0.15) is 4.88 Å². The van der Waals surface area contributed by atoms with Crippen molar-refractivity contribution >= 4 is 61.9 Å². The van der Waals surface area contributed by atoms with E-state index < -0.39 is 21.8 Å². The highest BCUT2D eigenvalue weighted by atomic mass is 35.5. The number of amides is 2. The Labute approximate surface area is 175 Å². The number of carbonyl (C=O) groups is 2. The summed E-state index contributed by atoms with van der Waals surface area (Å²) in [7, 11) is -3.87. The molecule has 0 radical (unpaired) electrons. The molecule has 1 aliphatic heterocycles. The molecule has 1 N–H and O–H groups in total. The van der Waals surface area contributed by atoms with E-state index in [4.69, 9.17) is 11.6 Å². The molecule has 146 valence electrons. The SMILES string of the molecule is O=C1C(Cl)=C(c2cccs2)C(=O)N1c1ccc(S(=O)(=O)Nc2ccccn2)cc1. The number of rotatable bonds is 5. The maximum atomic E-state index is 12.8. The third kappa shape index (κ3) is 3.55. The summed E-state index contributed by atoms with van der Waals surface area (Å²) in [5.41, 5.74) is 0.363. The van der Waals surface area contributed by atoms with E-state index in [0.29, 0.717) is 4.88 Å². The lowest BCUT2D eigenvalue weighted by Gasteiger charge is -2.15. The zero-order chi connectivity index (χ0) is 20.6. The van der Waals surface area contributed by atoms with Crippen molar-refractivity contribution in [1.29, 1.82) is 0 Å². The second kappa shape index (κ2) is 7.43. The van der Waals surface area contributed by atoms with Gasteiger partial charge in [-0.3, -0.25) is 14.3 Å². The van der Waals surface area contributed by atoms with E-state index >= 15 is 0 Å². The number of benzene rings is 1. The van der Waals surface area contributed by atoms with Gasteiger partial charge < -0.3 is 0 Å². The van der Waals surface area contributed by atoms with Crippen LogP contribution in [0, 0.1) is 0 Å². The highest BCUT2D eigenvalue weighted by Gasteiger charge is 2.39. The number of thiophene rings is 1. The quantitative estimate of drug-likeness (QED) is 0.606. The van der Waals surface area contributed by atoms with Crippen molar-refractivity contribution < 1.29 is 18.0 Å². The lowest BCUT2D eigenvalue weighted by Crippen LogP contribution is -2.31. The normalized spacial score (nSPS) is 14.6. The minimum absolute atomic E-state index is 0.0384. The van der Waals surface area contributed by atoms with Crippen LogP contribution in [0.5, 0.6) is 0 Å². The fourth-order valence-corrected chi connectivity index (χ4v) is 4.87. The zero-order valence-corrected chi connectivity index (χ0v) is 17.0. The van der Waals surface area contributed by atoms with Crippen LogP contribution in [-0.4, -0.2) is 25.2 Å². The summed E-state index contributed by atoms with van der Waals surface area (Å²) in [6, 6.07) is 13.7. The second-order valence-corrected chi connectivity index (χ2v) is 8.93. The van der Waals surface area contributed by atoms with Gasteiger partial charge in [-0.25, -0.2) is 18.3 Å². The third-order valence-corrected chi connectivity index (χ3v) is 6.71. The highest BCUT2D eigenvalue weighted by molar-refractivity contribution is 7.92. The smallest absolute Gasteiger partial charge is 0.268 e. The Hall–Kier alpha value is -3.01. The number of nitrogens with zero attached hydrogens (tertiary/aromatic N) is 2. The molecular formula is C19H12ClN3O4S2. The van der Waals surface area contributed by atoms with Crippen LogP contribution in [0.3, 0.4) is 0 Å². The van der Waals surface area contributed by atoms with Crippen molar-refractivity contribution in [3.63, 3.8) is 0 Å². The Bertz CT molecular complexity index is 1220. The molecule has 2 aromatic heterocycles. The van der Waals surface area contributed by atoms with E-state index in [1.165, 1.54) is 47.9 Å². The molecule has 1 aliphatic rings. The van der Waals surface area contributed by atoms with E-state index in [9.17, 15) is 18.0 Å². The lowest BCUT2D eigenvalue weighted by molar-refractivity contribution is -0.119. The molecule has 0 unspecified atom stereocenters. The van der Waals surface area contributed by atoms with Crippen molar-refractivity contribution in [3.8, 4) is 0 Å². The maximum Gasteiger partial charge on any atom is 0.277 e. The van der Waals surface area contributed by atoms with Crippen LogP contribution in [0.2, 0.25) is 0 Å². The second-order valence-electron chi connectivity index (χ2n) is 5.93. The Morgan fingerprint density at radius 1 is 0.966 bits per heavy atom. The van der Waals surface area contributed by atoms with E-state index in [1.807, 2.05) is 0 Å². The Morgan fingerprint density at radius 3 is 2.34 bits per heavy atom. The van der Waals surface area contributed by atoms with Gasteiger partial charge in [0.15, 0.2) is 0 Å². The summed E-state index contributed by atoms with van der Waals surface area (Å²) in [6.07, 6.45) is 1.47. The molecule has 0 spiro atoms. The van der Waals surface area contributed by atoms with Crippen LogP contribution in [0.25, 0.3) is 5.57 Å². The standard InChI is InChI=1S/C19H12ClN3O4S2/c20-17-16(14-4-3-11-28-14)18(24)23(19(17)25)12-6-8-13(9-7-12)29(26,27)22-15-5-1-2-10-21-15/h1-11H,(H,21,22). The minimum Gasteiger partial charge on any atom is -0.268 e. The first-order chi connectivity index (χ1) is 13.9. The molecule has 0 saturated carbocycles.